The molecule has 0 radical (unpaired) electrons. The van der Waals surface area contributed by atoms with Crippen molar-refractivity contribution in [2.75, 3.05) is 11.4 Å². The lowest BCUT2D eigenvalue weighted by atomic mass is 9.88. The molecule has 0 saturated carbocycles. The molecule has 0 spiro atoms. The van der Waals surface area contributed by atoms with E-state index in [2.05, 4.69) is 78.2 Å². The van der Waals surface area contributed by atoms with Gasteiger partial charge < -0.3 is 14.6 Å². The van der Waals surface area contributed by atoms with Crippen molar-refractivity contribution in [1.82, 2.24) is 9.55 Å². The summed E-state index contributed by atoms with van der Waals surface area (Å²) in [6, 6.07) is 15.4. The van der Waals surface area contributed by atoms with Crippen LogP contribution in [0.4, 0.5) is 10.1 Å². The number of aliphatic hydroxyl groups is 1. The third kappa shape index (κ3) is 6.52. The van der Waals surface area contributed by atoms with Crippen molar-refractivity contribution < 1.29 is 9.50 Å². The molecule has 4 nitrogen and oxygen atoms in total. The zero-order valence-corrected chi connectivity index (χ0v) is 24.3. The van der Waals surface area contributed by atoms with E-state index in [0.717, 1.165) is 38.0 Å². The summed E-state index contributed by atoms with van der Waals surface area (Å²) in [5.74, 6) is 0.198. The summed E-state index contributed by atoms with van der Waals surface area (Å²) < 4.78 is 14.1. The van der Waals surface area contributed by atoms with Gasteiger partial charge in [-0.25, -0.2) is 4.39 Å². The van der Waals surface area contributed by atoms with Crippen molar-refractivity contribution in [3.05, 3.63) is 95.1 Å². The maximum atomic E-state index is 11.7. The van der Waals surface area contributed by atoms with Gasteiger partial charge in [0.25, 0.3) is 0 Å². The van der Waals surface area contributed by atoms with Crippen LogP contribution in [0, 0.1) is 13.8 Å². The van der Waals surface area contributed by atoms with E-state index in [-0.39, 0.29) is 5.76 Å². The molecule has 0 saturated heterocycles. The van der Waals surface area contributed by atoms with Crippen LogP contribution in [-0.2, 0) is 25.9 Å². The van der Waals surface area contributed by atoms with Gasteiger partial charge in [0.15, 0.2) is 0 Å². The summed E-state index contributed by atoms with van der Waals surface area (Å²) in [5, 5.41) is 11.6. The molecular formula is C34H42FN3O. The van der Waals surface area contributed by atoms with Crippen LogP contribution in [0.3, 0.4) is 0 Å². The van der Waals surface area contributed by atoms with E-state index in [1.54, 1.807) is 0 Å². The van der Waals surface area contributed by atoms with Crippen LogP contribution in [0.1, 0.15) is 62.1 Å². The molecule has 0 aliphatic carbocycles. The number of rotatable bonds is 7. The first-order chi connectivity index (χ1) is 18.5. The molecular weight excluding hydrogens is 485 g/mol. The number of benzene rings is 2. The van der Waals surface area contributed by atoms with Crippen LogP contribution in [0.5, 0.6) is 0 Å². The predicted molar refractivity (Wildman–Crippen MR) is 162 cm³/mol. The highest BCUT2D eigenvalue weighted by molar-refractivity contribution is 6.06. The number of allylic oxidation sites excluding steroid dienone is 1. The highest BCUT2D eigenvalue weighted by Crippen LogP contribution is 2.45. The third-order valence-corrected chi connectivity index (χ3v) is 7.08. The molecule has 0 fully saturated rings. The lowest BCUT2D eigenvalue weighted by Gasteiger charge is -2.34. The van der Waals surface area contributed by atoms with E-state index < -0.39 is 5.67 Å². The maximum absolute atomic E-state index is 11.7. The second-order valence-electron chi connectivity index (χ2n) is 11.6. The molecule has 5 rings (SSSR count). The van der Waals surface area contributed by atoms with Crippen molar-refractivity contribution in [2.45, 2.75) is 79.6 Å². The first kappa shape index (κ1) is 28.4. The minimum atomic E-state index is -1.00. The number of aliphatic hydroxyl groups excluding tert-OH is 1. The Hall–Kier alpha value is -3.60. The van der Waals surface area contributed by atoms with Gasteiger partial charge in [0, 0.05) is 49.5 Å². The number of aromatic nitrogens is 2. The Morgan fingerprint density at radius 3 is 2.36 bits per heavy atom. The quantitative estimate of drug-likeness (QED) is 0.245. The zero-order chi connectivity index (χ0) is 28.3. The molecule has 3 heterocycles. The van der Waals surface area contributed by atoms with Gasteiger partial charge in [-0.15, -0.1) is 0 Å². The maximum Gasteiger partial charge on any atom is 0.102 e. The van der Waals surface area contributed by atoms with Crippen LogP contribution in [0.2, 0.25) is 0 Å². The topological polar surface area (TPSA) is 41.3 Å². The molecule has 0 atom stereocenters. The van der Waals surface area contributed by atoms with E-state index in [4.69, 9.17) is 0 Å². The van der Waals surface area contributed by atoms with E-state index >= 15 is 0 Å². The average molecular weight is 528 g/mol. The Morgan fingerprint density at radius 2 is 1.77 bits per heavy atom. The molecule has 206 valence electrons. The average Bonchev–Trinajstić information content (AvgIpc) is 3.19. The molecule has 1 aliphatic rings. The number of hydrogen-bond donors (Lipinski definition) is 1. The zero-order valence-electron chi connectivity index (χ0n) is 24.3. The van der Waals surface area contributed by atoms with Gasteiger partial charge in [0.05, 0.1) is 17.0 Å². The van der Waals surface area contributed by atoms with Crippen molar-refractivity contribution in [1.29, 1.82) is 0 Å². The lowest BCUT2D eigenvalue weighted by molar-refractivity contribution is 0.246. The smallest absolute Gasteiger partial charge is 0.102 e. The van der Waals surface area contributed by atoms with Crippen LogP contribution in [-0.4, -0.2) is 26.9 Å². The fourth-order valence-corrected chi connectivity index (χ4v) is 5.55. The first-order valence-corrected chi connectivity index (χ1v) is 13.9. The van der Waals surface area contributed by atoms with E-state index in [1.165, 1.54) is 70.9 Å². The number of alkyl halides is 1. The number of halogens is 1. The van der Waals surface area contributed by atoms with Crippen LogP contribution in [0.15, 0.2) is 67.2 Å². The standard InChI is InChI=1S/C30H33N3O.C4H9F/c1-5-7-23-9-11-25(12-10-23)28-26(17-21(3)34)22(4)29-30-27(28)16-20(2)33(30)15-14-32(29)19-24-8-6-13-31-18-24;1-4(2,3)5/h6,8-13,16,18,34H,3,5,7,14-15,17,19H2,1-2,4H3;1-3H3. The summed E-state index contributed by atoms with van der Waals surface area (Å²) in [5.41, 5.74) is 10.2. The first-order valence-electron chi connectivity index (χ1n) is 13.9. The second kappa shape index (κ2) is 11.6. The molecule has 4 aromatic rings. The Kier molecular flexibility index (Phi) is 8.48. The van der Waals surface area contributed by atoms with Crippen molar-refractivity contribution >= 4 is 16.6 Å². The third-order valence-electron chi connectivity index (χ3n) is 7.08. The highest BCUT2D eigenvalue weighted by Gasteiger charge is 2.28. The molecule has 2 aromatic heterocycles. The van der Waals surface area contributed by atoms with Gasteiger partial charge in [0.2, 0.25) is 0 Å². The Balaban J connectivity index is 0.000000648. The molecule has 1 N–H and O–H groups in total. The van der Waals surface area contributed by atoms with E-state index in [9.17, 15) is 9.50 Å². The normalized spacial score (nSPS) is 12.8. The van der Waals surface area contributed by atoms with Gasteiger partial charge in [-0.1, -0.05) is 50.3 Å². The Morgan fingerprint density at radius 1 is 1.08 bits per heavy atom. The summed E-state index contributed by atoms with van der Waals surface area (Å²) >= 11 is 0. The number of aryl methyl sites for hydroxylation is 2. The van der Waals surface area contributed by atoms with E-state index in [0.29, 0.717) is 6.42 Å². The summed E-state index contributed by atoms with van der Waals surface area (Å²) in [6.07, 6.45) is 6.46. The van der Waals surface area contributed by atoms with Gasteiger partial charge in [-0.05, 0) is 86.6 Å². The number of nitrogens with zero attached hydrogens (tertiary/aromatic N) is 3. The highest BCUT2D eigenvalue weighted by atomic mass is 19.1. The summed E-state index contributed by atoms with van der Waals surface area (Å²) in [7, 11) is 0. The Bertz CT molecular complexity index is 1440. The minimum absolute atomic E-state index is 0.198. The fourth-order valence-electron chi connectivity index (χ4n) is 5.55. The molecule has 5 heteroatoms. The summed E-state index contributed by atoms with van der Waals surface area (Å²) in [4.78, 5) is 6.80. The van der Waals surface area contributed by atoms with Crippen LogP contribution >= 0.6 is 0 Å². The number of hydrogen-bond acceptors (Lipinski definition) is 3. The van der Waals surface area contributed by atoms with Gasteiger partial charge >= 0.3 is 0 Å². The molecule has 2 aromatic carbocycles. The van der Waals surface area contributed by atoms with Crippen molar-refractivity contribution in [3.63, 3.8) is 0 Å². The van der Waals surface area contributed by atoms with Crippen LogP contribution in [0.25, 0.3) is 22.0 Å². The van der Waals surface area contributed by atoms with Crippen LogP contribution < -0.4 is 4.90 Å². The van der Waals surface area contributed by atoms with Gasteiger partial charge in [-0.3, -0.25) is 4.98 Å². The lowest BCUT2D eigenvalue weighted by Crippen LogP contribution is -2.32. The monoisotopic (exact) mass is 527 g/mol. The second-order valence-corrected chi connectivity index (χ2v) is 11.6. The molecule has 0 unspecified atom stereocenters. The van der Waals surface area contributed by atoms with Gasteiger partial charge in [0.1, 0.15) is 5.67 Å². The number of anilines is 1. The van der Waals surface area contributed by atoms with Crippen molar-refractivity contribution in [3.8, 4) is 11.1 Å². The fraction of sp³-hybridized carbons (Fsp3) is 0.382. The van der Waals surface area contributed by atoms with Gasteiger partial charge in [-0.2, -0.15) is 0 Å². The van der Waals surface area contributed by atoms with Crippen molar-refractivity contribution in [2.24, 2.45) is 0 Å². The largest absolute Gasteiger partial charge is 0.513 e. The van der Waals surface area contributed by atoms with E-state index in [1.807, 2.05) is 18.5 Å². The predicted octanol–water partition coefficient (Wildman–Crippen LogP) is 8.66. The molecule has 1 aliphatic heterocycles. The number of pyridine rings is 1. The minimum Gasteiger partial charge on any atom is -0.513 e. The summed E-state index contributed by atoms with van der Waals surface area (Å²) in [6.45, 7) is 17.8. The molecule has 39 heavy (non-hydrogen) atoms. The molecule has 0 amide bonds. The SMILES string of the molecule is C=C(O)Cc1c(C)c2c3c(cc(C)n3CCN2Cc2cccnc2)c1-c1ccc(CCC)cc1.CC(C)(C)F. The molecule has 0 bridgehead atoms. The Labute approximate surface area is 232 Å².